The molecule has 5 aliphatic rings. The normalized spacial score (nSPS) is 29.7. The molecular formula is C44H36O2. The number of hydrogen-bond donors (Lipinski definition) is 0. The quantitative estimate of drug-likeness (QED) is 0.192. The van der Waals surface area contributed by atoms with Crippen molar-refractivity contribution in [2.45, 2.75) is 60.9 Å². The standard InChI is InChI=1S/C44H36O2/c1-2-16-26-36-39-37(41(31-17-7-3-8-18-31)27-29-43(39,45-41)33-21-11-5-12-22-33)35(25-15-1)38-40(36)44(34-23-13-6-14-24-34)30-28-42(38,46-44)32-19-9-4-10-20-32/h3-14,17-24,27-30H,1-2,15-16,25-26H2/t41-,42-,43+,44+. The van der Waals surface area contributed by atoms with Crippen LogP contribution in [-0.4, -0.2) is 0 Å². The van der Waals surface area contributed by atoms with E-state index in [0.717, 1.165) is 25.7 Å². The lowest BCUT2D eigenvalue weighted by atomic mass is 9.63. The van der Waals surface area contributed by atoms with Crippen LogP contribution < -0.4 is 0 Å². The van der Waals surface area contributed by atoms with Crippen molar-refractivity contribution in [3.05, 3.63) is 201 Å². The zero-order chi connectivity index (χ0) is 30.4. The topological polar surface area (TPSA) is 18.5 Å². The van der Waals surface area contributed by atoms with Crippen LogP contribution in [-0.2, 0) is 44.7 Å². The maximum Gasteiger partial charge on any atom is 0.139 e. The molecular weight excluding hydrogens is 560 g/mol. The molecule has 4 atom stereocenters. The van der Waals surface area contributed by atoms with Crippen LogP contribution in [0.4, 0.5) is 0 Å². The van der Waals surface area contributed by atoms with Gasteiger partial charge in [0.25, 0.3) is 0 Å². The van der Waals surface area contributed by atoms with Crippen molar-refractivity contribution in [3.63, 3.8) is 0 Å². The molecule has 4 aliphatic heterocycles. The van der Waals surface area contributed by atoms with Crippen LogP contribution >= 0.6 is 0 Å². The maximum atomic E-state index is 7.66. The van der Waals surface area contributed by atoms with E-state index in [-0.39, 0.29) is 0 Å². The van der Waals surface area contributed by atoms with E-state index in [1.54, 1.807) is 0 Å². The van der Waals surface area contributed by atoms with E-state index in [2.05, 4.69) is 146 Å². The number of fused-ring (bicyclic) bond motifs is 9. The predicted octanol–water partition coefficient (Wildman–Crippen LogP) is 9.52. The van der Waals surface area contributed by atoms with Gasteiger partial charge in [-0.25, -0.2) is 0 Å². The molecule has 5 aromatic carbocycles. The Kier molecular flexibility index (Phi) is 5.52. The van der Waals surface area contributed by atoms with Crippen molar-refractivity contribution in [2.24, 2.45) is 0 Å². The summed E-state index contributed by atoms with van der Waals surface area (Å²) in [6.07, 6.45) is 16.3. The fourth-order valence-electron chi connectivity index (χ4n) is 9.54. The highest BCUT2D eigenvalue weighted by atomic mass is 16.5. The first-order valence-corrected chi connectivity index (χ1v) is 17.0. The summed E-state index contributed by atoms with van der Waals surface area (Å²) < 4.78 is 15.3. The van der Waals surface area contributed by atoms with E-state index in [1.807, 2.05) is 0 Å². The summed E-state index contributed by atoms with van der Waals surface area (Å²) in [5, 5.41) is 0. The average Bonchev–Trinajstić information content (AvgIpc) is 3.89. The van der Waals surface area contributed by atoms with Crippen LogP contribution in [0.25, 0.3) is 0 Å². The number of benzene rings is 5. The monoisotopic (exact) mass is 596 g/mol. The summed E-state index contributed by atoms with van der Waals surface area (Å²) in [7, 11) is 0. The van der Waals surface area contributed by atoms with Crippen LogP contribution in [0.15, 0.2) is 146 Å². The molecule has 1 aliphatic carbocycles. The largest absolute Gasteiger partial charge is 0.341 e. The minimum atomic E-state index is -0.673. The summed E-state index contributed by atoms with van der Waals surface area (Å²) in [6, 6.07) is 43.7. The molecule has 0 unspecified atom stereocenters. The molecule has 0 amide bonds. The van der Waals surface area contributed by atoms with Crippen molar-refractivity contribution in [1.82, 2.24) is 0 Å². The molecule has 4 heterocycles. The molecule has 2 nitrogen and oxygen atoms in total. The second kappa shape index (κ2) is 9.51. The molecule has 0 fully saturated rings. The van der Waals surface area contributed by atoms with Crippen molar-refractivity contribution in [1.29, 1.82) is 0 Å². The lowest BCUT2D eigenvalue weighted by Gasteiger charge is -2.36. The number of hydrogen-bond acceptors (Lipinski definition) is 2. The van der Waals surface area contributed by atoms with Gasteiger partial charge in [-0.2, -0.15) is 0 Å². The predicted molar refractivity (Wildman–Crippen MR) is 182 cm³/mol. The van der Waals surface area contributed by atoms with Crippen LogP contribution in [0.1, 0.15) is 81.3 Å². The molecule has 5 aromatic rings. The van der Waals surface area contributed by atoms with Crippen LogP contribution in [0.5, 0.6) is 0 Å². The Balaban J connectivity index is 1.40. The number of rotatable bonds is 4. The Hall–Kier alpha value is -4.50. The summed E-state index contributed by atoms with van der Waals surface area (Å²) in [5.41, 5.74) is 10.4. The first kappa shape index (κ1) is 26.7. The molecule has 2 heteroatoms. The second-order valence-electron chi connectivity index (χ2n) is 13.6. The van der Waals surface area contributed by atoms with Gasteiger partial charge in [-0.1, -0.05) is 134 Å². The van der Waals surface area contributed by atoms with Gasteiger partial charge in [-0.15, -0.1) is 0 Å². The molecule has 0 N–H and O–H groups in total. The van der Waals surface area contributed by atoms with Gasteiger partial charge in [-0.05, 0) is 83.4 Å². The third-order valence-electron chi connectivity index (χ3n) is 11.4. The van der Waals surface area contributed by atoms with E-state index >= 15 is 0 Å². The zero-order valence-electron chi connectivity index (χ0n) is 25.9. The van der Waals surface area contributed by atoms with Gasteiger partial charge in [0, 0.05) is 22.3 Å². The number of ether oxygens (including phenoxy) is 2. The van der Waals surface area contributed by atoms with Crippen LogP contribution in [0, 0.1) is 0 Å². The zero-order valence-corrected chi connectivity index (χ0v) is 25.9. The van der Waals surface area contributed by atoms with Gasteiger partial charge in [0.05, 0.1) is 0 Å². The molecule has 10 rings (SSSR count). The van der Waals surface area contributed by atoms with Crippen molar-refractivity contribution in [3.8, 4) is 0 Å². The minimum Gasteiger partial charge on any atom is -0.341 e. The van der Waals surface area contributed by atoms with Crippen LogP contribution in [0.2, 0.25) is 0 Å². The van der Waals surface area contributed by atoms with Gasteiger partial charge in [0.15, 0.2) is 0 Å². The van der Waals surface area contributed by atoms with E-state index in [9.17, 15) is 0 Å². The fourth-order valence-corrected chi connectivity index (χ4v) is 9.54. The Labute approximate surface area is 271 Å². The first-order valence-electron chi connectivity index (χ1n) is 17.0. The Morgan fingerprint density at radius 2 is 0.587 bits per heavy atom. The van der Waals surface area contributed by atoms with E-state index in [4.69, 9.17) is 9.47 Å². The molecule has 0 saturated carbocycles. The fraction of sp³-hybridized carbons (Fsp3) is 0.227. The summed E-state index contributed by atoms with van der Waals surface area (Å²) in [6.45, 7) is 0. The Bertz CT molecular complexity index is 1760. The van der Waals surface area contributed by atoms with Gasteiger partial charge < -0.3 is 9.47 Å². The van der Waals surface area contributed by atoms with E-state index in [1.165, 1.54) is 68.5 Å². The minimum absolute atomic E-state index is 0.673. The van der Waals surface area contributed by atoms with E-state index < -0.39 is 22.4 Å². The van der Waals surface area contributed by atoms with Crippen molar-refractivity contribution in [2.75, 3.05) is 0 Å². The van der Waals surface area contributed by atoms with Gasteiger partial charge >= 0.3 is 0 Å². The van der Waals surface area contributed by atoms with Crippen molar-refractivity contribution >= 4 is 0 Å². The SMILES string of the molecule is C1=C[C@]2(c3ccccc3)O[C@@]1(c1ccccc1)c1c3c4c(c(c12)CCCCCC3)[C@]1(c2ccccc2)C=C[C@@]4(c2ccccc2)O1. The highest BCUT2D eigenvalue weighted by molar-refractivity contribution is 5.76. The molecule has 0 saturated heterocycles. The molecule has 0 aromatic heterocycles. The smallest absolute Gasteiger partial charge is 0.139 e. The average molecular weight is 597 g/mol. The molecule has 46 heavy (non-hydrogen) atoms. The molecule has 224 valence electrons. The van der Waals surface area contributed by atoms with Crippen molar-refractivity contribution < 1.29 is 9.47 Å². The first-order chi connectivity index (χ1) is 22.7. The summed E-state index contributed by atoms with van der Waals surface area (Å²) >= 11 is 0. The van der Waals surface area contributed by atoms with Gasteiger partial charge in [0.2, 0.25) is 0 Å². The van der Waals surface area contributed by atoms with Gasteiger partial charge in [0.1, 0.15) is 22.4 Å². The highest BCUT2D eigenvalue weighted by Gasteiger charge is 2.65. The third kappa shape index (κ3) is 3.24. The highest BCUT2D eigenvalue weighted by Crippen LogP contribution is 2.68. The van der Waals surface area contributed by atoms with Crippen LogP contribution in [0.3, 0.4) is 0 Å². The summed E-state index contributed by atoms with van der Waals surface area (Å²) in [5.74, 6) is 0. The molecule has 0 spiro atoms. The summed E-state index contributed by atoms with van der Waals surface area (Å²) in [4.78, 5) is 0. The van der Waals surface area contributed by atoms with E-state index in [0.29, 0.717) is 0 Å². The lowest BCUT2D eigenvalue weighted by molar-refractivity contribution is -0.0284. The second-order valence-corrected chi connectivity index (χ2v) is 13.6. The Morgan fingerprint density at radius 3 is 0.848 bits per heavy atom. The van der Waals surface area contributed by atoms with Gasteiger partial charge in [-0.3, -0.25) is 0 Å². The lowest BCUT2D eigenvalue weighted by Crippen LogP contribution is -2.31. The third-order valence-corrected chi connectivity index (χ3v) is 11.4. The Morgan fingerprint density at radius 1 is 0.326 bits per heavy atom. The molecule has 6 bridgehead atoms. The maximum absolute atomic E-state index is 7.66. The molecule has 0 radical (unpaired) electrons.